The standard InChI is InChI=1S/C8H10N2/c1-3-8(4-2)10-6-5-9-7-10/h3-7H,1H2,2H3/b8-4+. The van der Waals surface area contributed by atoms with Gasteiger partial charge in [-0.25, -0.2) is 4.98 Å². The Labute approximate surface area is 60.5 Å². The van der Waals surface area contributed by atoms with Gasteiger partial charge in [0.25, 0.3) is 0 Å². The van der Waals surface area contributed by atoms with Gasteiger partial charge < -0.3 is 4.57 Å². The lowest BCUT2D eigenvalue weighted by atomic mass is 10.4. The van der Waals surface area contributed by atoms with Gasteiger partial charge in [-0.1, -0.05) is 12.7 Å². The molecule has 0 spiro atoms. The van der Waals surface area contributed by atoms with Crippen LogP contribution in [-0.2, 0) is 0 Å². The zero-order valence-electron chi connectivity index (χ0n) is 5.99. The number of aromatic nitrogens is 2. The van der Waals surface area contributed by atoms with Crippen LogP contribution in [0.4, 0.5) is 0 Å². The van der Waals surface area contributed by atoms with Crippen LogP contribution in [0.2, 0.25) is 0 Å². The molecule has 0 N–H and O–H groups in total. The molecule has 0 aliphatic rings. The van der Waals surface area contributed by atoms with Crippen LogP contribution in [0.15, 0.2) is 37.5 Å². The molecular formula is C8H10N2. The second-order valence-corrected chi connectivity index (χ2v) is 1.89. The molecule has 1 rings (SSSR count). The van der Waals surface area contributed by atoms with E-state index in [-0.39, 0.29) is 0 Å². The normalized spacial score (nSPS) is 11.5. The monoisotopic (exact) mass is 134 g/mol. The third-order valence-corrected chi connectivity index (χ3v) is 1.31. The van der Waals surface area contributed by atoms with Crippen molar-refractivity contribution in [3.05, 3.63) is 37.5 Å². The van der Waals surface area contributed by atoms with Crippen molar-refractivity contribution < 1.29 is 0 Å². The van der Waals surface area contributed by atoms with E-state index in [2.05, 4.69) is 11.6 Å². The van der Waals surface area contributed by atoms with Gasteiger partial charge in [-0.2, -0.15) is 0 Å². The lowest BCUT2D eigenvalue weighted by Crippen LogP contribution is -1.87. The van der Waals surface area contributed by atoms with E-state index in [1.54, 1.807) is 18.6 Å². The molecule has 0 saturated carbocycles. The number of rotatable bonds is 2. The Morgan fingerprint density at radius 3 is 2.90 bits per heavy atom. The molecule has 0 amide bonds. The van der Waals surface area contributed by atoms with E-state index in [1.807, 2.05) is 23.8 Å². The summed E-state index contributed by atoms with van der Waals surface area (Å²) in [5, 5.41) is 0. The lowest BCUT2D eigenvalue weighted by molar-refractivity contribution is 1.10. The van der Waals surface area contributed by atoms with Crippen LogP contribution < -0.4 is 0 Å². The van der Waals surface area contributed by atoms with Gasteiger partial charge in [0.05, 0.1) is 6.33 Å². The highest BCUT2D eigenvalue weighted by Crippen LogP contribution is 2.02. The minimum Gasteiger partial charge on any atom is -0.307 e. The predicted molar refractivity (Wildman–Crippen MR) is 42.4 cm³/mol. The molecule has 10 heavy (non-hydrogen) atoms. The quantitative estimate of drug-likeness (QED) is 0.565. The Morgan fingerprint density at radius 2 is 2.50 bits per heavy atom. The summed E-state index contributed by atoms with van der Waals surface area (Å²) < 4.78 is 1.91. The van der Waals surface area contributed by atoms with E-state index in [1.165, 1.54) is 0 Å². The summed E-state index contributed by atoms with van der Waals surface area (Å²) >= 11 is 0. The van der Waals surface area contributed by atoms with Crippen molar-refractivity contribution in [2.45, 2.75) is 6.92 Å². The van der Waals surface area contributed by atoms with Gasteiger partial charge in [0.2, 0.25) is 0 Å². The topological polar surface area (TPSA) is 17.8 Å². The van der Waals surface area contributed by atoms with Gasteiger partial charge in [0, 0.05) is 18.1 Å². The Balaban J connectivity index is 2.95. The first-order valence-corrected chi connectivity index (χ1v) is 3.15. The molecule has 0 aliphatic heterocycles. The largest absolute Gasteiger partial charge is 0.307 e. The zero-order chi connectivity index (χ0) is 7.40. The molecule has 1 aromatic heterocycles. The molecule has 1 heterocycles. The SMILES string of the molecule is C=C/C(=C\C)n1ccnc1. The molecule has 1 aromatic rings. The summed E-state index contributed by atoms with van der Waals surface area (Å²) in [5.41, 5.74) is 1.05. The molecule has 0 radical (unpaired) electrons. The Bertz CT molecular complexity index is 232. The van der Waals surface area contributed by atoms with Crippen molar-refractivity contribution in [1.29, 1.82) is 0 Å². The molecular weight excluding hydrogens is 124 g/mol. The first kappa shape index (κ1) is 6.81. The smallest absolute Gasteiger partial charge is 0.0991 e. The molecule has 0 aromatic carbocycles. The van der Waals surface area contributed by atoms with E-state index in [9.17, 15) is 0 Å². The fourth-order valence-corrected chi connectivity index (χ4v) is 0.784. The highest BCUT2D eigenvalue weighted by molar-refractivity contribution is 5.55. The predicted octanol–water partition coefficient (Wildman–Crippen LogP) is 1.93. The Morgan fingerprint density at radius 1 is 1.70 bits per heavy atom. The summed E-state index contributed by atoms with van der Waals surface area (Å²) in [6.45, 7) is 5.64. The molecule has 0 saturated heterocycles. The molecule has 0 atom stereocenters. The maximum Gasteiger partial charge on any atom is 0.0991 e. The molecule has 0 bridgehead atoms. The summed E-state index contributed by atoms with van der Waals surface area (Å²) in [6, 6.07) is 0. The highest BCUT2D eigenvalue weighted by Gasteiger charge is 1.89. The molecule has 52 valence electrons. The summed E-state index contributed by atoms with van der Waals surface area (Å²) in [4.78, 5) is 3.91. The van der Waals surface area contributed by atoms with Crippen LogP contribution in [0.25, 0.3) is 5.70 Å². The third-order valence-electron chi connectivity index (χ3n) is 1.31. The molecule has 0 aliphatic carbocycles. The van der Waals surface area contributed by atoms with Crippen molar-refractivity contribution >= 4 is 5.70 Å². The molecule has 2 nitrogen and oxygen atoms in total. The fraction of sp³-hybridized carbons (Fsp3) is 0.125. The van der Waals surface area contributed by atoms with E-state index >= 15 is 0 Å². The summed E-state index contributed by atoms with van der Waals surface area (Å²) in [7, 11) is 0. The van der Waals surface area contributed by atoms with Crippen molar-refractivity contribution in [2.75, 3.05) is 0 Å². The zero-order valence-corrected chi connectivity index (χ0v) is 5.99. The van der Waals surface area contributed by atoms with Crippen molar-refractivity contribution in [2.24, 2.45) is 0 Å². The van der Waals surface area contributed by atoms with Crippen LogP contribution in [0.3, 0.4) is 0 Å². The van der Waals surface area contributed by atoms with Crippen LogP contribution in [0, 0.1) is 0 Å². The van der Waals surface area contributed by atoms with E-state index < -0.39 is 0 Å². The molecule has 0 unspecified atom stereocenters. The minimum absolute atomic E-state index is 1.05. The van der Waals surface area contributed by atoms with Crippen molar-refractivity contribution in [1.82, 2.24) is 9.55 Å². The second-order valence-electron chi connectivity index (χ2n) is 1.89. The average Bonchev–Trinajstić information content (AvgIpc) is 2.43. The van der Waals surface area contributed by atoms with Crippen molar-refractivity contribution in [3.63, 3.8) is 0 Å². The van der Waals surface area contributed by atoms with E-state index in [4.69, 9.17) is 0 Å². The van der Waals surface area contributed by atoms with Crippen molar-refractivity contribution in [3.8, 4) is 0 Å². The maximum absolute atomic E-state index is 3.91. The molecule has 2 heteroatoms. The number of hydrogen-bond acceptors (Lipinski definition) is 1. The number of nitrogens with zero attached hydrogens (tertiary/aromatic N) is 2. The first-order chi connectivity index (χ1) is 4.88. The summed E-state index contributed by atoms with van der Waals surface area (Å²) in [6.07, 6.45) is 9.15. The van der Waals surface area contributed by atoms with E-state index in [0.29, 0.717) is 0 Å². The maximum atomic E-state index is 3.91. The lowest BCUT2D eigenvalue weighted by Gasteiger charge is -1.98. The second kappa shape index (κ2) is 3.01. The first-order valence-electron chi connectivity index (χ1n) is 3.15. The number of imidazole rings is 1. The fourth-order valence-electron chi connectivity index (χ4n) is 0.784. The minimum atomic E-state index is 1.05. The van der Waals surface area contributed by atoms with Crippen LogP contribution >= 0.6 is 0 Å². The number of hydrogen-bond donors (Lipinski definition) is 0. The third kappa shape index (κ3) is 1.16. The van der Waals surface area contributed by atoms with Crippen LogP contribution in [-0.4, -0.2) is 9.55 Å². The average molecular weight is 134 g/mol. The highest BCUT2D eigenvalue weighted by atomic mass is 15.0. The molecule has 0 fully saturated rings. The van der Waals surface area contributed by atoms with Crippen LogP contribution in [0.5, 0.6) is 0 Å². The Hall–Kier alpha value is -1.31. The van der Waals surface area contributed by atoms with Gasteiger partial charge in [0.1, 0.15) is 0 Å². The van der Waals surface area contributed by atoms with Gasteiger partial charge in [-0.15, -0.1) is 0 Å². The van der Waals surface area contributed by atoms with Gasteiger partial charge >= 0.3 is 0 Å². The van der Waals surface area contributed by atoms with Gasteiger partial charge in [0.15, 0.2) is 0 Å². The van der Waals surface area contributed by atoms with Gasteiger partial charge in [-0.05, 0) is 13.0 Å². The Kier molecular flexibility index (Phi) is 2.05. The van der Waals surface area contributed by atoms with E-state index in [0.717, 1.165) is 5.70 Å². The van der Waals surface area contributed by atoms with Gasteiger partial charge in [-0.3, -0.25) is 0 Å². The van der Waals surface area contributed by atoms with Crippen LogP contribution in [0.1, 0.15) is 6.92 Å². The summed E-state index contributed by atoms with van der Waals surface area (Å²) in [5.74, 6) is 0. The number of allylic oxidation sites excluding steroid dienone is 3.